The molecule has 0 bridgehead atoms. The number of rotatable bonds is 2. The highest BCUT2D eigenvalue weighted by Crippen LogP contribution is 2.25. The molecule has 1 aliphatic rings. The molecule has 3 N–H and O–H groups in total. The molecule has 21 heavy (non-hydrogen) atoms. The maximum absolute atomic E-state index is 12.4. The predicted molar refractivity (Wildman–Crippen MR) is 83.0 cm³/mol. The van der Waals surface area contributed by atoms with E-state index in [0.29, 0.717) is 18.7 Å². The minimum absolute atomic E-state index is 0.0170. The van der Waals surface area contributed by atoms with Crippen LogP contribution in [0.3, 0.4) is 0 Å². The number of benzene rings is 1. The zero-order valence-electron chi connectivity index (χ0n) is 12.8. The van der Waals surface area contributed by atoms with Gasteiger partial charge in [-0.25, -0.2) is 0 Å². The number of nitrogens with one attached hydrogen (secondary N) is 1. The van der Waals surface area contributed by atoms with Crippen LogP contribution in [0.15, 0.2) is 18.2 Å². The average molecular weight is 286 g/mol. The SMILES string of the molecule is Cc1ccc(C(=O)NC2(C)CCOC2C)cc1C#CCN. The lowest BCUT2D eigenvalue weighted by Gasteiger charge is -2.29. The highest BCUT2D eigenvalue weighted by atomic mass is 16.5. The van der Waals surface area contributed by atoms with Gasteiger partial charge in [0.05, 0.1) is 18.2 Å². The topological polar surface area (TPSA) is 64.3 Å². The molecule has 2 rings (SSSR count). The molecule has 1 amide bonds. The lowest BCUT2D eigenvalue weighted by molar-refractivity contribution is 0.0727. The third-order valence-corrected chi connectivity index (χ3v) is 4.11. The van der Waals surface area contributed by atoms with E-state index in [4.69, 9.17) is 10.5 Å². The van der Waals surface area contributed by atoms with Crippen molar-refractivity contribution >= 4 is 5.91 Å². The van der Waals surface area contributed by atoms with E-state index in [-0.39, 0.29) is 17.6 Å². The van der Waals surface area contributed by atoms with Gasteiger partial charge < -0.3 is 15.8 Å². The fourth-order valence-corrected chi connectivity index (χ4v) is 2.37. The van der Waals surface area contributed by atoms with Crippen LogP contribution in [0.5, 0.6) is 0 Å². The van der Waals surface area contributed by atoms with Crippen LogP contribution in [0.2, 0.25) is 0 Å². The Balaban J connectivity index is 2.20. The summed E-state index contributed by atoms with van der Waals surface area (Å²) in [7, 11) is 0. The standard InChI is InChI=1S/C17H22N2O2/c1-12-6-7-15(11-14(12)5-4-9-18)16(20)19-17(3)8-10-21-13(17)2/h6-7,11,13H,8-10,18H2,1-3H3,(H,19,20). The molecule has 0 radical (unpaired) electrons. The van der Waals surface area contributed by atoms with Crippen molar-refractivity contribution in [1.29, 1.82) is 0 Å². The normalized spacial score (nSPS) is 24.3. The third kappa shape index (κ3) is 3.44. The molecule has 0 saturated carbocycles. The largest absolute Gasteiger partial charge is 0.376 e. The smallest absolute Gasteiger partial charge is 0.251 e. The minimum Gasteiger partial charge on any atom is -0.376 e. The maximum Gasteiger partial charge on any atom is 0.251 e. The van der Waals surface area contributed by atoms with Gasteiger partial charge in [0.2, 0.25) is 0 Å². The van der Waals surface area contributed by atoms with Crippen LogP contribution in [-0.2, 0) is 4.74 Å². The van der Waals surface area contributed by atoms with Gasteiger partial charge in [0.25, 0.3) is 5.91 Å². The molecule has 2 unspecified atom stereocenters. The van der Waals surface area contributed by atoms with Crippen molar-refractivity contribution in [2.45, 2.75) is 38.8 Å². The highest BCUT2D eigenvalue weighted by molar-refractivity contribution is 5.95. The number of nitrogens with two attached hydrogens (primary N) is 1. The molecule has 0 aliphatic carbocycles. The molecule has 2 atom stereocenters. The second kappa shape index (κ2) is 6.30. The third-order valence-electron chi connectivity index (χ3n) is 4.11. The van der Waals surface area contributed by atoms with Gasteiger partial charge in [-0.05, 0) is 44.9 Å². The van der Waals surface area contributed by atoms with E-state index in [1.807, 2.05) is 39.0 Å². The van der Waals surface area contributed by atoms with E-state index in [1.165, 1.54) is 0 Å². The van der Waals surface area contributed by atoms with E-state index in [9.17, 15) is 4.79 Å². The summed E-state index contributed by atoms with van der Waals surface area (Å²) in [5, 5.41) is 3.09. The minimum atomic E-state index is -0.314. The van der Waals surface area contributed by atoms with E-state index >= 15 is 0 Å². The molecule has 0 aromatic heterocycles. The molecule has 1 heterocycles. The molecule has 112 valence electrons. The van der Waals surface area contributed by atoms with Crippen LogP contribution in [-0.4, -0.2) is 30.7 Å². The summed E-state index contributed by atoms with van der Waals surface area (Å²) < 4.78 is 5.55. The number of ether oxygens (including phenoxy) is 1. The lowest BCUT2D eigenvalue weighted by atomic mass is 9.94. The summed E-state index contributed by atoms with van der Waals surface area (Å²) in [4.78, 5) is 12.4. The number of hydrogen-bond acceptors (Lipinski definition) is 3. The van der Waals surface area contributed by atoms with Crippen LogP contribution in [0.4, 0.5) is 0 Å². The summed E-state index contributed by atoms with van der Waals surface area (Å²) in [5.41, 5.74) is 7.58. The van der Waals surface area contributed by atoms with Crippen LogP contribution >= 0.6 is 0 Å². The van der Waals surface area contributed by atoms with Gasteiger partial charge in [0.15, 0.2) is 0 Å². The summed E-state index contributed by atoms with van der Waals surface area (Å²) in [6, 6.07) is 5.55. The molecule has 0 spiro atoms. The highest BCUT2D eigenvalue weighted by Gasteiger charge is 2.38. The molecule has 1 aromatic carbocycles. The molecule has 1 saturated heterocycles. The quantitative estimate of drug-likeness (QED) is 0.812. The van der Waals surface area contributed by atoms with Crippen LogP contribution in [0, 0.1) is 18.8 Å². The van der Waals surface area contributed by atoms with Crippen LogP contribution in [0.1, 0.15) is 41.8 Å². The fourth-order valence-electron chi connectivity index (χ4n) is 2.37. The Kier molecular flexibility index (Phi) is 4.66. The summed E-state index contributed by atoms with van der Waals surface area (Å²) >= 11 is 0. The van der Waals surface area contributed by atoms with Crippen molar-refractivity contribution in [1.82, 2.24) is 5.32 Å². The Morgan fingerprint density at radius 1 is 1.57 bits per heavy atom. The average Bonchev–Trinajstić information content (AvgIpc) is 2.77. The zero-order chi connectivity index (χ0) is 15.5. The van der Waals surface area contributed by atoms with Crippen molar-refractivity contribution in [3.8, 4) is 11.8 Å². The molecule has 1 fully saturated rings. The van der Waals surface area contributed by atoms with E-state index < -0.39 is 0 Å². The fraction of sp³-hybridized carbons (Fsp3) is 0.471. The number of aryl methyl sites for hydroxylation is 1. The van der Waals surface area contributed by atoms with Gasteiger partial charge >= 0.3 is 0 Å². The van der Waals surface area contributed by atoms with Crippen LogP contribution < -0.4 is 11.1 Å². The zero-order valence-corrected chi connectivity index (χ0v) is 12.8. The van der Waals surface area contributed by atoms with Crippen LogP contribution in [0.25, 0.3) is 0 Å². The number of carbonyl (C=O) groups is 1. The first-order chi connectivity index (χ1) is 9.96. The predicted octanol–water partition coefficient (Wildman–Crippen LogP) is 1.60. The first-order valence-corrected chi connectivity index (χ1v) is 7.20. The summed E-state index contributed by atoms with van der Waals surface area (Å²) in [6.07, 6.45) is 0.842. The van der Waals surface area contributed by atoms with Crippen molar-refractivity contribution < 1.29 is 9.53 Å². The van der Waals surface area contributed by atoms with Crippen molar-refractivity contribution in [3.63, 3.8) is 0 Å². The summed E-state index contributed by atoms with van der Waals surface area (Å²) in [5.74, 6) is 5.73. The van der Waals surface area contributed by atoms with Crippen molar-refractivity contribution in [3.05, 3.63) is 34.9 Å². The Morgan fingerprint density at radius 2 is 2.33 bits per heavy atom. The van der Waals surface area contributed by atoms with Gasteiger partial charge in [-0.15, -0.1) is 0 Å². The van der Waals surface area contributed by atoms with E-state index in [0.717, 1.165) is 17.5 Å². The number of carbonyl (C=O) groups excluding carboxylic acids is 1. The summed E-state index contributed by atoms with van der Waals surface area (Å²) in [6.45, 7) is 6.96. The maximum atomic E-state index is 12.4. The first kappa shape index (κ1) is 15.6. The molecule has 4 heteroatoms. The molecular weight excluding hydrogens is 264 g/mol. The van der Waals surface area contributed by atoms with Gasteiger partial charge in [-0.3, -0.25) is 4.79 Å². The van der Waals surface area contributed by atoms with Gasteiger partial charge in [0.1, 0.15) is 0 Å². The van der Waals surface area contributed by atoms with Crippen molar-refractivity contribution in [2.75, 3.05) is 13.2 Å². The second-order valence-electron chi connectivity index (χ2n) is 5.67. The molecule has 1 aromatic rings. The molecular formula is C17H22N2O2. The lowest BCUT2D eigenvalue weighted by Crippen LogP contribution is -2.50. The number of amides is 1. The second-order valence-corrected chi connectivity index (χ2v) is 5.67. The Labute approximate surface area is 126 Å². The van der Waals surface area contributed by atoms with E-state index in [1.54, 1.807) is 0 Å². The van der Waals surface area contributed by atoms with Crippen molar-refractivity contribution in [2.24, 2.45) is 5.73 Å². The Hall–Kier alpha value is -1.83. The van der Waals surface area contributed by atoms with Gasteiger partial charge in [0, 0.05) is 17.7 Å². The first-order valence-electron chi connectivity index (χ1n) is 7.20. The van der Waals surface area contributed by atoms with Gasteiger partial charge in [-0.2, -0.15) is 0 Å². The monoisotopic (exact) mass is 286 g/mol. The molecule has 4 nitrogen and oxygen atoms in total. The number of hydrogen-bond donors (Lipinski definition) is 2. The Morgan fingerprint density at radius 3 is 2.95 bits per heavy atom. The Bertz CT molecular complexity index is 601. The van der Waals surface area contributed by atoms with Gasteiger partial charge in [-0.1, -0.05) is 17.9 Å². The molecule has 1 aliphatic heterocycles. The van der Waals surface area contributed by atoms with E-state index in [2.05, 4.69) is 17.2 Å².